The number of hydrogen-bond acceptors (Lipinski definition) is 6. The van der Waals surface area contributed by atoms with Gasteiger partial charge in [-0.2, -0.15) is 5.26 Å². The van der Waals surface area contributed by atoms with Gasteiger partial charge in [0.05, 0.1) is 24.6 Å². The van der Waals surface area contributed by atoms with Crippen LogP contribution < -0.4 is 15.2 Å². The number of methoxy groups -OCH3 is 2. The van der Waals surface area contributed by atoms with Crippen LogP contribution in [0.2, 0.25) is 0 Å². The Hall–Kier alpha value is -2.46. The molecule has 2 aliphatic rings. The molecule has 1 heterocycles. The van der Waals surface area contributed by atoms with Crippen LogP contribution in [-0.2, 0) is 9.53 Å². The van der Waals surface area contributed by atoms with Crippen LogP contribution in [0, 0.1) is 17.2 Å². The Morgan fingerprint density at radius 3 is 2.58 bits per heavy atom. The predicted octanol–water partition coefficient (Wildman–Crippen LogP) is 3.53. The fraction of sp³-hybridized carbons (Fsp3) is 0.368. The van der Waals surface area contributed by atoms with Gasteiger partial charge in [0.1, 0.15) is 28.9 Å². The lowest BCUT2D eigenvalue weighted by Gasteiger charge is -2.33. The Bertz CT molecular complexity index is 882. The number of allylic oxidation sites excluding steroid dienone is 3. The van der Waals surface area contributed by atoms with E-state index in [0.29, 0.717) is 45.7 Å². The number of ketones is 1. The van der Waals surface area contributed by atoms with Crippen LogP contribution >= 0.6 is 15.9 Å². The average molecular weight is 419 g/mol. The van der Waals surface area contributed by atoms with Gasteiger partial charge in [-0.1, -0.05) is 6.92 Å². The van der Waals surface area contributed by atoms with Crippen LogP contribution in [0.15, 0.2) is 39.4 Å². The fourth-order valence-corrected chi connectivity index (χ4v) is 4.04. The van der Waals surface area contributed by atoms with Gasteiger partial charge < -0.3 is 19.9 Å². The number of benzene rings is 1. The largest absolute Gasteiger partial charge is 0.496 e. The molecule has 0 aromatic heterocycles. The summed E-state index contributed by atoms with van der Waals surface area (Å²) in [6.07, 6.45) is 1.02. The maximum absolute atomic E-state index is 12.8. The van der Waals surface area contributed by atoms with Crippen molar-refractivity contribution in [1.29, 1.82) is 5.26 Å². The lowest BCUT2D eigenvalue weighted by atomic mass is 9.75. The molecule has 0 fully saturated rings. The highest BCUT2D eigenvalue weighted by atomic mass is 79.9. The molecule has 136 valence electrons. The van der Waals surface area contributed by atoms with Crippen LogP contribution in [0.5, 0.6) is 11.5 Å². The van der Waals surface area contributed by atoms with Gasteiger partial charge in [0, 0.05) is 30.0 Å². The number of carbonyl (C=O) groups is 1. The van der Waals surface area contributed by atoms with Crippen LogP contribution in [-0.4, -0.2) is 20.0 Å². The molecule has 0 saturated carbocycles. The zero-order valence-corrected chi connectivity index (χ0v) is 16.3. The van der Waals surface area contributed by atoms with E-state index in [1.165, 1.54) is 7.11 Å². The molecule has 1 aromatic carbocycles. The summed E-state index contributed by atoms with van der Waals surface area (Å²) in [6, 6.07) is 5.63. The van der Waals surface area contributed by atoms with E-state index >= 15 is 0 Å². The van der Waals surface area contributed by atoms with E-state index in [2.05, 4.69) is 22.0 Å². The summed E-state index contributed by atoms with van der Waals surface area (Å²) in [5.41, 5.74) is 7.38. The normalized spacial score (nSPS) is 22.5. The summed E-state index contributed by atoms with van der Waals surface area (Å²) in [6.45, 7) is 1.99. The minimum atomic E-state index is -0.624. The van der Waals surface area contributed by atoms with E-state index in [1.807, 2.05) is 6.92 Å². The molecule has 0 spiro atoms. The molecule has 2 atom stereocenters. The first-order chi connectivity index (χ1) is 12.4. The Kier molecular flexibility index (Phi) is 4.97. The number of rotatable bonds is 3. The molecule has 0 bridgehead atoms. The van der Waals surface area contributed by atoms with Crippen molar-refractivity contribution < 1.29 is 19.0 Å². The molecular weight excluding hydrogens is 400 g/mol. The third kappa shape index (κ3) is 2.95. The number of nitriles is 1. The first-order valence-corrected chi connectivity index (χ1v) is 8.95. The number of Topliss-reactive ketones (excluding diaryl/α,β-unsaturated/α-hetero) is 1. The van der Waals surface area contributed by atoms with Gasteiger partial charge in [-0.15, -0.1) is 0 Å². The van der Waals surface area contributed by atoms with Crippen LogP contribution in [0.25, 0.3) is 0 Å². The van der Waals surface area contributed by atoms with Gasteiger partial charge in [-0.25, -0.2) is 0 Å². The lowest BCUT2D eigenvalue weighted by molar-refractivity contribution is -0.117. The van der Waals surface area contributed by atoms with Crippen molar-refractivity contribution in [2.24, 2.45) is 11.7 Å². The van der Waals surface area contributed by atoms with E-state index < -0.39 is 5.92 Å². The summed E-state index contributed by atoms with van der Waals surface area (Å²) >= 11 is 3.46. The van der Waals surface area contributed by atoms with Gasteiger partial charge in [0.15, 0.2) is 5.78 Å². The highest BCUT2D eigenvalue weighted by Crippen LogP contribution is 2.48. The molecule has 6 nitrogen and oxygen atoms in total. The minimum Gasteiger partial charge on any atom is -0.496 e. The number of hydrogen-bond donors (Lipinski definition) is 1. The molecule has 26 heavy (non-hydrogen) atoms. The molecule has 0 saturated heterocycles. The maximum atomic E-state index is 12.8. The first kappa shape index (κ1) is 18.3. The van der Waals surface area contributed by atoms with E-state index in [1.54, 1.807) is 19.2 Å². The Morgan fingerprint density at radius 2 is 1.96 bits per heavy atom. The highest BCUT2D eigenvalue weighted by Gasteiger charge is 2.41. The predicted molar refractivity (Wildman–Crippen MR) is 98.3 cm³/mol. The van der Waals surface area contributed by atoms with Crippen LogP contribution in [0.3, 0.4) is 0 Å². The molecule has 1 aromatic rings. The first-order valence-electron chi connectivity index (χ1n) is 8.16. The topological polar surface area (TPSA) is 94.6 Å². The monoisotopic (exact) mass is 418 g/mol. The Balaban J connectivity index is 2.26. The van der Waals surface area contributed by atoms with E-state index in [0.717, 1.165) is 0 Å². The second-order valence-corrected chi connectivity index (χ2v) is 7.28. The number of ether oxygens (including phenoxy) is 3. The molecule has 0 unspecified atom stereocenters. The van der Waals surface area contributed by atoms with Crippen molar-refractivity contribution in [3.8, 4) is 17.6 Å². The summed E-state index contributed by atoms with van der Waals surface area (Å²) in [5, 5.41) is 9.68. The average Bonchev–Trinajstić information content (AvgIpc) is 2.60. The smallest absolute Gasteiger partial charge is 0.205 e. The minimum absolute atomic E-state index is 0.0296. The standard InChI is InChI=1S/C19H19BrN2O4/c1-9-4-13(23)18-16(5-9)26-19(22)11(8-21)17(18)10-6-12(20)15(25-3)7-14(10)24-2/h6-7,9,17H,4-5,22H2,1-3H3/t9-,17-/m1/s1. The summed E-state index contributed by atoms with van der Waals surface area (Å²) in [5.74, 6) is 1.19. The van der Waals surface area contributed by atoms with Gasteiger partial charge in [0.25, 0.3) is 0 Å². The number of nitrogens with zero attached hydrogens (tertiary/aromatic N) is 1. The summed E-state index contributed by atoms with van der Waals surface area (Å²) in [4.78, 5) is 12.8. The van der Waals surface area contributed by atoms with Crippen LogP contribution in [0.1, 0.15) is 31.2 Å². The zero-order valence-electron chi connectivity index (χ0n) is 14.8. The van der Waals surface area contributed by atoms with Crippen LogP contribution in [0.4, 0.5) is 0 Å². The number of carbonyl (C=O) groups excluding carboxylic acids is 1. The summed E-state index contributed by atoms with van der Waals surface area (Å²) in [7, 11) is 3.09. The van der Waals surface area contributed by atoms with Crippen molar-refractivity contribution in [3.63, 3.8) is 0 Å². The second kappa shape index (κ2) is 7.04. The Morgan fingerprint density at radius 1 is 1.27 bits per heavy atom. The molecule has 0 radical (unpaired) electrons. The van der Waals surface area contributed by atoms with Crippen molar-refractivity contribution in [3.05, 3.63) is 45.0 Å². The van der Waals surface area contributed by atoms with Gasteiger partial charge in [0.2, 0.25) is 5.88 Å². The molecule has 1 aliphatic heterocycles. The fourth-order valence-electron chi connectivity index (χ4n) is 3.51. The molecule has 2 N–H and O–H groups in total. The van der Waals surface area contributed by atoms with E-state index in [4.69, 9.17) is 19.9 Å². The SMILES string of the molecule is COc1cc(OC)c([C@@H]2C(C#N)=C(N)OC3=C2C(=O)C[C@@H](C)C3)cc1Br. The molecule has 1 aliphatic carbocycles. The van der Waals surface area contributed by atoms with Crippen molar-refractivity contribution in [2.45, 2.75) is 25.7 Å². The lowest BCUT2D eigenvalue weighted by Crippen LogP contribution is -2.30. The number of halogens is 1. The number of nitrogens with two attached hydrogens (primary N) is 1. The van der Waals surface area contributed by atoms with Gasteiger partial charge >= 0.3 is 0 Å². The van der Waals surface area contributed by atoms with Crippen molar-refractivity contribution in [2.75, 3.05) is 14.2 Å². The van der Waals surface area contributed by atoms with Crippen molar-refractivity contribution >= 4 is 21.7 Å². The molecule has 3 rings (SSSR count). The van der Waals surface area contributed by atoms with Gasteiger partial charge in [-0.05, 0) is 27.9 Å². The highest BCUT2D eigenvalue weighted by molar-refractivity contribution is 9.10. The summed E-state index contributed by atoms with van der Waals surface area (Å²) < 4.78 is 17.2. The molecule has 7 heteroatoms. The van der Waals surface area contributed by atoms with E-state index in [9.17, 15) is 10.1 Å². The van der Waals surface area contributed by atoms with Crippen molar-refractivity contribution in [1.82, 2.24) is 0 Å². The van der Waals surface area contributed by atoms with E-state index in [-0.39, 0.29) is 23.2 Å². The maximum Gasteiger partial charge on any atom is 0.205 e. The quantitative estimate of drug-likeness (QED) is 0.806. The van der Waals surface area contributed by atoms with Gasteiger partial charge in [-0.3, -0.25) is 4.79 Å². The molecule has 0 amide bonds. The Labute approximate surface area is 160 Å². The second-order valence-electron chi connectivity index (χ2n) is 6.43. The zero-order chi connectivity index (χ0) is 19.0. The molecular formula is C19H19BrN2O4. The third-order valence-corrected chi connectivity index (χ3v) is 5.30. The third-order valence-electron chi connectivity index (χ3n) is 4.68.